The minimum atomic E-state index is -4.42. The molecule has 0 radical (unpaired) electrons. The van der Waals surface area contributed by atoms with Crippen molar-refractivity contribution in [1.82, 2.24) is 15.1 Å². The smallest absolute Gasteiger partial charge is 0.416 e. The third kappa shape index (κ3) is 5.79. The molecule has 2 aromatic carbocycles. The first-order valence-electron chi connectivity index (χ1n) is 11.4. The molecule has 1 N–H and O–H groups in total. The standard InChI is InChI=1S/C25H26F3N5O4/c1-35-20-14-16(15-21(36-2)23(20)37-3)19-8-9-22(31-30-19)32-10-12-33(13-11-32)24(34)29-18-6-4-17(5-7-18)25(26,27)28/h4-9,14-15H,10-13H2,1-3H3,(H,29,34). The number of amides is 2. The second-order valence-corrected chi connectivity index (χ2v) is 8.17. The molecule has 0 unspecified atom stereocenters. The average molecular weight is 518 g/mol. The fourth-order valence-corrected chi connectivity index (χ4v) is 3.96. The summed E-state index contributed by atoms with van der Waals surface area (Å²) in [4.78, 5) is 16.2. The number of aromatic nitrogens is 2. The number of hydrogen-bond acceptors (Lipinski definition) is 7. The average Bonchev–Trinajstić information content (AvgIpc) is 2.92. The van der Waals surface area contributed by atoms with Crippen molar-refractivity contribution in [2.24, 2.45) is 0 Å². The zero-order valence-corrected chi connectivity index (χ0v) is 20.5. The minimum Gasteiger partial charge on any atom is -0.493 e. The van der Waals surface area contributed by atoms with Crippen molar-refractivity contribution in [2.45, 2.75) is 6.18 Å². The van der Waals surface area contributed by atoms with Gasteiger partial charge in [-0.15, -0.1) is 10.2 Å². The van der Waals surface area contributed by atoms with Gasteiger partial charge in [-0.05, 0) is 48.5 Å². The maximum absolute atomic E-state index is 12.7. The molecular formula is C25H26F3N5O4. The molecule has 12 heteroatoms. The van der Waals surface area contributed by atoms with Crippen molar-refractivity contribution in [3.63, 3.8) is 0 Å². The van der Waals surface area contributed by atoms with Crippen LogP contribution in [0.3, 0.4) is 0 Å². The number of methoxy groups -OCH3 is 3. The van der Waals surface area contributed by atoms with Gasteiger partial charge in [-0.25, -0.2) is 4.79 Å². The van der Waals surface area contributed by atoms with E-state index >= 15 is 0 Å². The van der Waals surface area contributed by atoms with Gasteiger partial charge in [0.2, 0.25) is 5.75 Å². The Kier molecular flexibility index (Phi) is 7.55. The summed E-state index contributed by atoms with van der Waals surface area (Å²) < 4.78 is 54.3. The topological polar surface area (TPSA) is 89.1 Å². The highest BCUT2D eigenvalue weighted by Gasteiger charge is 2.30. The van der Waals surface area contributed by atoms with Gasteiger partial charge in [0.15, 0.2) is 17.3 Å². The van der Waals surface area contributed by atoms with E-state index in [0.29, 0.717) is 60.6 Å². The molecule has 0 bridgehead atoms. The quantitative estimate of drug-likeness (QED) is 0.514. The Morgan fingerprint density at radius 2 is 1.49 bits per heavy atom. The predicted molar refractivity (Wildman–Crippen MR) is 131 cm³/mol. The molecule has 0 aliphatic carbocycles. The van der Waals surface area contributed by atoms with E-state index in [0.717, 1.165) is 17.7 Å². The minimum absolute atomic E-state index is 0.300. The van der Waals surface area contributed by atoms with Crippen LogP contribution >= 0.6 is 0 Å². The fraction of sp³-hybridized carbons (Fsp3) is 0.320. The fourth-order valence-electron chi connectivity index (χ4n) is 3.96. The number of nitrogens with one attached hydrogen (secondary N) is 1. The maximum Gasteiger partial charge on any atom is 0.416 e. The number of halogens is 3. The predicted octanol–water partition coefficient (Wildman–Crippen LogP) is 4.54. The lowest BCUT2D eigenvalue weighted by molar-refractivity contribution is -0.137. The summed E-state index contributed by atoms with van der Waals surface area (Å²) in [5.41, 5.74) is 0.904. The lowest BCUT2D eigenvalue weighted by Gasteiger charge is -2.35. The summed E-state index contributed by atoms with van der Waals surface area (Å²) in [6, 6.07) is 11.3. The molecule has 0 saturated carbocycles. The van der Waals surface area contributed by atoms with E-state index in [4.69, 9.17) is 14.2 Å². The highest BCUT2D eigenvalue weighted by Crippen LogP contribution is 2.40. The van der Waals surface area contributed by atoms with Crippen LogP contribution in [-0.2, 0) is 6.18 Å². The van der Waals surface area contributed by atoms with Crippen LogP contribution in [0.5, 0.6) is 17.2 Å². The number of hydrogen-bond donors (Lipinski definition) is 1. The summed E-state index contributed by atoms with van der Waals surface area (Å²) in [5.74, 6) is 2.17. The van der Waals surface area contributed by atoms with Gasteiger partial charge >= 0.3 is 12.2 Å². The van der Waals surface area contributed by atoms with Crippen molar-refractivity contribution in [3.05, 3.63) is 54.1 Å². The number of ether oxygens (including phenoxy) is 3. The zero-order chi connectivity index (χ0) is 26.6. The first kappa shape index (κ1) is 25.9. The second kappa shape index (κ2) is 10.8. The molecule has 3 aromatic rings. The van der Waals surface area contributed by atoms with Gasteiger partial charge in [-0.3, -0.25) is 0 Å². The van der Waals surface area contributed by atoms with Gasteiger partial charge in [0.05, 0.1) is 32.6 Å². The molecule has 0 atom stereocenters. The molecule has 2 heterocycles. The molecule has 196 valence electrons. The Hall–Kier alpha value is -4.22. The molecule has 1 aromatic heterocycles. The summed E-state index contributed by atoms with van der Waals surface area (Å²) in [6.45, 7) is 1.89. The van der Waals surface area contributed by atoms with Crippen LogP contribution in [0.25, 0.3) is 11.3 Å². The van der Waals surface area contributed by atoms with Crippen LogP contribution in [0.1, 0.15) is 5.56 Å². The van der Waals surface area contributed by atoms with Crippen LogP contribution in [0.4, 0.5) is 29.5 Å². The summed E-state index contributed by atoms with van der Waals surface area (Å²) in [6.07, 6.45) is -4.42. The van der Waals surface area contributed by atoms with Crippen molar-refractivity contribution in [2.75, 3.05) is 57.7 Å². The Balaban J connectivity index is 1.37. The van der Waals surface area contributed by atoms with Gasteiger partial charge in [0.25, 0.3) is 0 Å². The van der Waals surface area contributed by atoms with Crippen LogP contribution in [0, 0.1) is 0 Å². The van der Waals surface area contributed by atoms with Gasteiger partial charge in [0, 0.05) is 37.4 Å². The summed E-state index contributed by atoms with van der Waals surface area (Å²) in [7, 11) is 4.62. The molecule has 1 saturated heterocycles. The second-order valence-electron chi connectivity index (χ2n) is 8.17. The van der Waals surface area contributed by atoms with E-state index in [-0.39, 0.29) is 6.03 Å². The summed E-state index contributed by atoms with van der Waals surface area (Å²) in [5, 5.41) is 11.3. The van der Waals surface area contributed by atoms with Crippen molar-refractivity contribution in [1.29, 1.82) is 0 Å². The molecule has 1 fully saturated rings. The van der Waals surface area contributed by atoms with E-state index in [2.05, 4.69) is 15.5 Å². The first-order chi connectivity index (χ1) is 17.7. The van der Waals surface area contributed by atoms with E-state index in [1.807, 2.05) is 17.0 Å². The van der Waals surface area contributed by atoms with E-state index < -0.39 is 11.7 Å². The molecule has 9 nitrogen and oxygen atoms in total. The number of urea groups is 1. The van der Waals surface area contributed by atoms with Crippen molar-refractivity contribution < 1.29 is 32.2 Å². The highest BCUT2D eigenvalue weighted by molar-refractivity contribution is 5.89. The van der Waals surface area contributed by atoms with Crippen molar-refractivity contribution in [3.8, 4) is 28.5 Å². The lowest BCUT2D eigenvalue weighted by atomic mass is 10.1. The number of carbonyl (C=O) groups is 1. The maximum atomic E-state index is 12.7. The molecule has 1 aliphatic heterocycles. The van der Waals surface area contributed by atoms with Gasteiger partial charge in [0.1, 0.15) is 0 Å². The third-order valence-corrected chi connectivity index (χ3v) is 5.97. The van der Waals surface area contributed by atoms with Crippen molar-refractivity contribution >= 4 is 17.5 Å². The van der Waals surface area contributed by atoms with Crippen LogP contribution in [0.2, 0.25) is 0 Å². The largest absolute Gasteiger partial charge is 0.493 e. The number of rotatable bonds is 6. The van der Waals surface area contributed by atoms with Crippen LogP contribution in [0.15, 0.2) is 48.5 Å². The normalized spacial score (nSPS) is 13.8. The third-order valence-electron chi connectivity index (χ3n) is 5.97. The van der Waals surface area contributed by atoms with E-state index in [9.17, 15) is 18.0 Å². The van der Waals surface area contributed by atoms with Gasteiger partial charge < -0.3 is 29.3 Å². The van der Waals surface area contributed by atoms with Gasteiger partial charge in [-0.2, -0.15) is 13.2 Å². The Morgan fingerprint density at radius 1 is 0.865 bits per heavy atom. The number of nitrogens with zero attached hydrogens (tertiary/aromatic N) is 4. The first-order valence-corrected chi connectivity index (χ1v) is 11.4. The number of piperazine rings is 1. The Morgan fingerprint density at radius 3 is 1.97 bits per heavy atom. The Labute approximate surface area is 211 Å². The molecule has 2 amide bonds. The summed E-state index contributed by atoms with van der Waals surface area (Å²) >= 11 is 0. The molecule has 4 rings (SSSR count). The van der Waals surface area contributed by atoms with Crippen LogP contribution < -0.4 is 24.4 Å². The SMILES string of the molecule is COc1cc(-c2ccc(N3CCN(C(=O)Nc4ccc(C(F)(F)F)cc4)CC3)nn2)cc(OC)c1OC. The number of carbonyl (C=O) groups excluding carboxylic acids is 1. The van der Waals surface area contributed by atoms with E-state index in [1.54, 1.807) is 31.3 Å². The molecular weight excluding hydrogens is 491 g/mol. The molecule has 37 heavy (non-hydrogen) atoms. The number of benzene rings is 2. The highest BCUT2D eigenvalue weighted by atomic mass is 19.4. The molecule has 1 aliphatic rings. The number of alkyl halides is 3. The van der Waals surface area contributed by atoms with E-state index in [1.165, 1.54) is 19.2 Å². The molecule has 0 spiro atoms. The number of anilines is 2. The monoisotopic (exact) mass is 517 g/mol. The van der Waals surface area contributed by atoms with Crippen LogP contribution in [-0.4, -0.2) is 68.6 Å². The Bertz CT molecular complexity index is 1200. The lowest BCUT2D eigenvalue weighted by Crippen LogP contribution is -2.50. The van der Waals surface area contributed by atoms with Gasteiger partial charge in [-0.1, -0.05) is 0 Å². The zero-order valence-electron chi connectivity index (χ0n) is 20.5.